The van der Waals surface area contributed by atoms with E-state index in [1.165, 1.54) is 12.8 Å². The molecule has 1 aromatic carbocycles. The van der Waals surface area contributed by atoms with Crippen LogP contribution in [0.15, 0.2) is 28.8 Å². The van der Waals surface area contributed by atoms with Crippen molar-refractivity contribution in [3.8, 4) is 5.75 Å². The van der Waals surface area contributed by atoms with Gasteiger partial charge in [0.05, 0.1) is 13.7 Å². The van der Waals surface area contributed by atoms with Gasteiger partial charge in [-0.2, -0.15) is 4.98 Å². The molecule has 4 rings (SSSR count). The number of benzene rings is 1. The molecule has 2 aliphatic rings. The molecule has 0 N–H and O–H groups in total. The van der Waals surface area contributed by atoms with Crippen LogP contribution in [0.4, 0.5) is 0 Å². The maximum absolute atomic E-state index is 12.6. The number of hydrogen-bond donors (Lipinski definition) is 0. The summed E-state index contributed by atoms with van der Waals surface area (Å²) in [6.45, 7) is 3.65. The molecule has 25 heavy (non-hydrogen) atoms. The molecule has 1 amide bonds. The van der Waals surface area contributed by atoms with Crippen LogP contribution in [0, 0.1) is 0 Å². The second-order valence-electron chi connectivity index (χ2n) is 6.62. The molecule has 2 fully saturated rings. The fourth-order valence-corrected chi connectivity index (χ4v) is 3.08. The molecular formula is C18H22N4O3. The monoisotopic (exact) mass is 342 g/mol. The summed E-state index contributed by atoms with van der Waals surface area (Å²) >= 11 is 0. The van der Waals surface area contributed by atoms with E-state index in [1.54, 1.807) is 13.2 Å². The lowest BCUT2D eigenvalue weighted by atomic mass is 10.1. The highest BCUT2D eigenvalue weighted by atomic mass is 16.5. The molecule has 2 heterocycles. The minimum atomic E-state index is 0.0485. The molecule has 1 saturated carbocycles. The van der Waals surface area contributed by atoms with Gasteiger partial charge in [-0.25, -0.2) is 0 Å². The Balaban J connectivity index is 1.31. The summed E-state index contributed by atoms with van der Waals surface area (Å²) in [5, 5.41) is 4.05. The SMILES string of the molecule is COc1cccc(C(=O)N2CCN(Cc3nc(C4CC4)no3)CC2)c1. The van der Waals surface area contributed by atoms with Gasteiger partial charge in [-0.1, -0.05) is 11.2 Å². The molecule has 0 atom stereocenters. The summed E-state index contributed by atoms with van der Waals surface area (Å²) < 4.78 is 10.5. The molecule has 1 aliphatic carbocycles. The zero-order chi connectivity index (χ0) is 17.2. The van der Waals surface area contributed by atoms with Crippen molar-refractivity contribution >= 4 is 5.91 Å². The van der Waals surface area contributed by atoms with E-state index < -0.39 is 0 Å². The lowest BCUT2D eigenvalue weighted by molar-refractivity contribution is 0.0615. The number of nitrogens with zero attached hydrogens (tertiary/aromatic N) is 4. The van der Waals surface area contributed by atoms with Crippen molar-refractivity contribution in [2.45, 2.75) is 25.3 Å². The minimum Gasteiger partial charge on any atom is -0.497 e. The average molecular weight is 342 g/mol. The van der Waals surface area contributed by atoms with Gasteiger partial charge in [-0.3, -0.25) is 9.69 Å². The second kappa shape index (κ2) is 6.84. The summed E-state index contributed by atoms with van der Waals surface area (Å²) in [5.41, 5.74) is 0.666. The third-order valence-electron chi connectivity index (χ3n) is 4.76. The van der Waals surface area contributed by atoms with E-state index in [2.05, 4.69) is 15.0 Å². The first-order valence-corrected chi connectivity index (χ1v) is 8.71. The topological polar surface area (TPSA) is 71.7 Å². The predicted octanol–water partition coefficient (Wildman–Crippen LogP) is 1.91. The molecule has 7 nitrogen and oxygen atoms in total. The lowest BCUT2D eigenvalue weighted by Gasteiger charge is -2.34. The fourth-order valence-electron chi connectivity index (χ4n) is 3.08. The molecule has 132 valence electrons. The van der Waals surface area contributed by atoms with Crippen molar-refractivity contribution in [3.63, 3.8) is 0 Å². The van der Waals surface area contributed by atoms with Crippen LogP contribution in [0.2, 0.25) is 0 Å². The maximum Gasteiger partial charge on any atom is 0.254 e. The van der Waals surface area contributed by atoms with Crippen molar-refractivity contribution in [1.29, 1.82) is 0 Å². The van der Waals surface area contributed by atoms with Crippen molar-refractivity contribution in [1.82, 2.24) is 19.9 Å². The molecule has 2 aromatic rings. The lowest BCUT2D eigenvalue weighted by Crippen LogP contribution is -2.48. The van der Waals surface area contributed by atoms with Gasteiger partial charge in [0.2, 0.25) is 5.89 Å². The molecule has 1 saturated heterocycles. The van der Waals surface area contributed by atoms with E-state index in [1.807, 2.05) is 23.1 Å². The van der Waals surface area contributed by atoms with Gasteiger partial charge in [-0.05, 0) is 31.0 Å². The van der Waals surface area contributed by atoms with Crippen molar-refractivity contribution in [2.75, 3.05) is 33.3 Å². The summed E-state index contributed by atoms with van der Waals surface area (Å²) in [6, 6.07) is 7.30. The van der Waals surface area contributed by atoms with Crippen molar-refractivity contribution < 1.29 is 14.1 Å². The van der Waals surface area contributed by atoms with E-state index in [0.29, 0.717) is 42.8 Å². The van der Waals surface area contributed by atoms with Crippen molar-refractivity contribution in [2.24, 2.45) is 0 Å². The number of piperazine rings is 1. The molecule has 1 aliphatic heterocycles. The second-order valence-corrected chi connectivity index (χ2v) is 6.62. The normalized spacial score (nSPS) is 18.4. The van der Waals surface area contributed by atoms with E-state index in [-0.39, 0.29) is 5.91 Å². The number of ether oxygens (including phenoxy) is 1. The average Bonchev–Trinajstić information content (AvgIpc) is 3.41. The molecule has 0 bridgehead atoms. The van der Waals surface area contributed by atoms with Gasteiger partial charge in [0.15, 0.2) is 5.82 Å². The Morgan fingerprint density at radius 3 is 2.80 bits per heavy atom. The summed E-state index contributed by atoms with van der Waals surface area (Å²) in [5.74, 6) is 2.78. The van der Waals surface area contributed by atoms with E-state index in [4.69, 9.17) is 9.26 Å². The minimum absolute atomic E-state index is 0.0485. The number of carbonyl (C=O) groups excluding carboxylic acids is 1. The highest BCUT2D eigenvalue weighted by molar-refractivity contribution is 5.94. The predicted molar refractivity (Wildman–Crippen MR) is 90.4 cm³/mol. The molecule has 0 radical (unpaired) electrons. The van der Waals surface area contributed by atoms with Gasteiger partial charge >= 0.3 is 0 Å². The maximum atomic E-state index is 12.6. The van der Waals surface area contributed by atoms with Gasteiger partial charge in [0, 0.05) is 37.7 Å². The van der Waals surface area contributed by atoms with Gasteiger partial charge in [-0.15, -0.1) is 0 Å². The van der Waals surface area contributed by atoms with Crippen LogP contribution < -0.4 is 4.74 Å². The summed E-state index contributed by atoms with van der Waals surface area (Å²) in [6.07, 6.45) is 2.34. The number of amides is 1. The highest BCUT2D eigenvalue weighted by Crippen LogP contribution is 2.38. The molecule has 0 spiro atoms. The Kier molecular flexibility index (Phi) is 4.40. The number of rotatable bonds is 5. The Labute approximate surface area is 146 Å². The van der Waals surface area contributed by atoms with Gasteiger partial charge < -0.3 is 14.2 Å². The largest absolute Gasteiger partial charge is 0.497 e. The third-order valence-corrected chi connectivity index (χ3v) is 4.76. The Bertz CT molecular complexity index is 748. The van der Waals surface area contributed by atoms with Crippen LogP contribution in [0.1, 0.15) is 40.8 Å². The first-order valence-electron chi connectivity index (χ1n) is 8.71. The molecule has 1 aromatic heterocycles. The van der Waals surface area contributed by atoms with Crippen LogP contribution in [0.5, 0.6) is 5.75 Å². The molecular weight excluding hydrogens is 320 g/mol. The molecule has 0 unspecified atom stereocenters. The summed E-state index contributed by atoms with van der Waals surface area (Å²) in [4.78, 5) is 21.2. The van der Waals surface area contributed by atoms with E-state index in [0.717, 1.165) is 18.9 Å². The van der Waals surface area contributed by atoms with Crippen molar-refractivity contribution in [3.05, 3.63) is 41.5 Å². The Hall–Kier alpha value is -2.41. The Morgan fingerprint density at radius 2 is 2.08 bits per heavy atom. The number of aromatic nitrogens is 2. The third kappa shape index (κ3) is 3.66. The van der Waals surface area contributed by atoms with Gasteiger partial charge in [0.1, 0.15) is 5.75 Å². The quantitative estimate of drug-likeness (QED) is 0.827. The van der Waals surface area contributed by atoms with E-state index in [9.17, 15) is 4.79 Å². The zero-order valence-corrected chi connectivity index (χ0v) is 14.4. The Morgan fingerprint density at radius 1 is 1.28 bits per heavy atom. The van der Waals surface area contributed by atoms with Crippen LogP contribution in [0.3, 0.4) is 0 Å². The first kappa shape index (κ1) is 16.1. The van der Waals surface area contributed by atoms with Crippen LogP contribution in [0.25, 0.3) is 0 Å². The fraction of sp³-hybridized carbons (Fsp3) is 0.500. The van der Waals surface area contributed by atoms with Crippen LogP contribution in [-0.2, 0) is 6.54 Å². The zero-order valence-electron chi connectivity index (χ0n) is 14.4. The first-order chi connectivity index (χ1) is 12.2. The smallest absolute Gasteiger partial charge is 0.254 e. The highest BCUT2D eigenvalue weighted by Gasteiger charge is 2.29. The van der Waals surface area contributed by atoms with Gasteiger partial charge in [0.25, 0.3) is 5.91 Å². The van der Waals surface area contributed by atoms with E-state index >= 15 is 0 Å². The van der Waals surface area contributed by atoms with Crippen LogP contribution in [-0.4, -0.2) is 59.1 Å². The summed E-state index contributed by atoms with van der Waals surface area (Å²) in [7, 11) is 1.61. The number of carbonyl (C=O) groups is 1. The number of hydrogen-bond acceptors (Lipinski definition) is 6. The standard InChI is InChI=1S/C18H22N4O3/c1-24-15-4-2-3-14(11-15)18(23)22-9-7-21(8-10-22)12-16-19-17(20-25-16)13-5-6-13/h2-4,11,13H,5-10,12H2,1H3. The number of methoxy groups -OCH3 is 1. The van der Waals surface area contributed by atoms with Crippen LogP contribution >= 0.6 is 0 Å². The molecule has 7 heteroatoms.